The Morgan fingerprint density at radius 1 is 1.67 bits per heavy atom. The van der Waals surface area contributed by atoms with Crippen LogP contribution in [0, 0.1) is 0 Å². The fourth-order valence-corrected chi connectivity index (χ4v) is 2.26. The van der Waals surface area contributed by atoms with Crippen LogP contribution in [0.3, 0.4) is 0 Å². The Labute approximate surface area is 93.9 Å². The first-order valence-electron chi connectivity index (χ1n) is 5.11. The zero-order chi connectivity index (χ0) is 11.1. The average Bonchev–Trinajstić information content (AvgIpc) is 2.24. The summed E-state index contributed by atoms with van der Waals surface area (Å²) in [6.45, 7) is 2.16. The van der Waals surface area contributed by atoms with Crippen LogP contribution in [0.15, 0.2) is 22.2 Å². The van der Waals surface area contributed by atoms with Gasteiger partial charge in [-0.3, -0.25) is 4.79 Å². The quantitative estimate of drug-likeness (QED) is 0.567. The van der Waals surface area contributed by atoms with Gasteiger partial charge < -0.3 is 10.3 Å². The largest absolute Gasteiger partial charge is 0.316 e. The number of aromatic nitrogens is 2. The van der Waals surface area contributed by atoms with Crippen LogP contribution in [0.25, 0.3) is 0 Å². The zero-order valence-electron chi connectivity index (χ0n) is 9.12. The van der Waals surface area contributed by atoms with Crippen molar-refractivity contribution in [3.05, 3.63) is 22.6 Å². The van der Waals surface area contributed by atoms with Gasteiger partial charge in [0.05, 0.1) is 0 Å². The molecule has 0 bridgehead atoms. The Balaban J connectivity index is 2.45. The van der Waals surface area contributed by atoms with Crippen molar-refractivity contribution in [2.24, 2.45) is 0 Å². The van der Waals surface area contributed by atoms with Crippen molar-refractivity contribution in [1.82, 2.24) is 15.3 Å². The summed E-state index contributed by atoms with van der Waals surface area (Å²) in [5.74, 6) is 0.928. The molecule has 15 heavy (non-hydrogen) atoms. The second kappa shape index (κ2) is 6.63. The van der Waals surface area contributed by atoms with Gasteiger partial charge >= 0.3 is 0 Å². The lowest BCUT2D eigenvalue weighted by Crippen LogP contribution is -2.27. The van der Waals surface area contributed by atoms with E-state index in [0.29, 0.717) is 11.2 Å². The van der Waals surface area contributed by atoms with E-state index in [1.807, 2.05) is 7.05 Å². The van der Waals surface area contributed by atoms with E-state index in [1.165, 1.54) is 12.3 Å². The molecule has 0 amide bonds. The number of hydrogen-bond donors (Lipinski definition) is 2. The zero-order valence-corrected chi connectivity index (χ0v) is 9.93. The molecule has 1 aromatic heterocycles. The molecule has 5 heteroatoms. The smallest absolute Gasteiger partial charge is 0.251 e. The van der Waals surface area contributed by atoms with Crippen molar-refractivity contribution < 1.29 is 0 Å². The minimum atomic E-state index is -0.0935. The predicted molar refractivity (Wildman–Crippen MR) is 63.3 cm³/mol. The van der Waals surface area contributed by atoms with Gasteiger partial charge in [0, 0.05) is 24.1 Å². The molecule has 0 saturated carbocycles. The molecule has 0 aliphatic rings. The first-order valence-corrected chi connectivity index (χ1v) is 6.10. The van der Waals surface area contributed by atoms with Crippen LogP contribution in [-0.4, -0.2) is 28.8 Å². The van der Waals surface area contributed by atoms with Gasteiger partial charge in [0.25, 0.3) is 5.56 Å². The molecule has 1 atom stereocenters. The Morgan fingerprint density at radius 3 is 3.07 bits per heavy atom. The molecule has 0 aliphatic carbocycles. The molecule has 0 fully saturated rings. The average molecular weight is 227 g/mol. The molecular weight excluding hydrogens is 210 g/mol. The Hall–Kier alpha value is -0.810. The Kier molecular flexibility index (Phi) is 5.42. The molecule has 0 aliphatic heterocycles. The summed E-state index contributed by atoms with van der Waals surface area (Å²) in [6, 6.07) is 1.90. The fourth-order valence-electron chi connectivity index (χ4n) is 1.26. The summed E-state index contributed by atoms with van der Waals surface area (Å²) < 4.78 is 0. The summed E-state index contributed by atoms with van der Waals surface area (Å²) in [5, 5.41) is 3.94. The summed E-state index contributed by atoms with van der Waals surface area (Å²) in [5.41, 5.74) is -0.0935. The van der Waals surface area contributed by atoms with Crippen LogP contribution in [0.1, 0.15) is 19.8 Å². The molecule has 0 spiro atoms. The van der Waals surface area contributed by atoms with E-state index < -0.39 is 0 Å². The molecular formula is C10H17N3OS. The second-order valence-electron chi connectivity index (χ2n) is 3.32. The highest BCUT2D eigenvalue weighted by Crippen LogP contribution is 2.13. The SMILES string of the molecule is CCCC(CSc1nccc(=O)[nH]1)NC. The van der Waals surface area contributed by atoms with E-state index in [1.54, 1.807) is 11.8 Å². The summed E-state index contributed by atoms with van der Waals surface area (Å²) in [7, 11) is 1.96. The normalized spacial score (nSPS) is 12.7. The molecule has 0 aromatic carbocycles. The molecule has 1 heterocycles. The third kappa shape index (κ3) is 4.48. The second-order valence-corrected chi connectivity index (χ2v) is 4.33. The standard InChI is InChI=1S/C10H17N3OS/c1-3-4-8(11-2)7-15-10-12-6-5-9(14)13-10/h5-6,8,11H,3-4,7H2,1-2H3,(H,12,13,14). The van der Waals surface area contributed by atoms with E-state index in [0.717, 1.165) is 18.6 Å². The van der Waals surface area contributed by atoms with E-state index in [-0.39, 0.29) is 5.56 Å². The van der Waals surface area contributed by atoms with Gasteiger partial charge in [0.15, 0.2) is 5.16 Å². The van der Waals surface area contributed by atoms with E-state index in [4.69, 9.17) is 0 Å². The summed E-state index contributed by atoms with van der Waals surface area (Å²) in [4.78, 5) is 17.8. The van der Waals surface area contributed by atoms with Gasteiger partial charge in [-0.15, -0.1) is 0 Å². The number of H-pyrrole nitrogens is 1. The van der Waals surface area contributed by atoms with Crippen molar-refractivity contribution in [1.29, 1.82) is 0 Å². The minimum absolute atomic E-state index is 0.0935. The van der Waals surface area contributed by atoms with Crippen molar-refractivity contribution >= 4 is 11.8 Å². The molecule has 1 rings (SSSR count). The maximum atomic E-state index is 11.0. The lowest BCUT2D eigenvalue weighted by molar-refractivity contribution is 0.564. The maximum Gasteiger partial charge on any atom is 0.251 e. The van der Waals surface area contributed by atoms with Gasteiger partial charge in [-0.05, 0) is 13.5 Å². The molecule has 84 valence electrons. The molecule has 1 unspecified atom stereocenters. The Bertz CT molecular complexity index is 339. The third-order valence-corrected chi connectivity index (χ3v) is 3.16. The lowest BCUT2D eigenvalue weighted by atomic mass is 10.2. The molecule has 0 radical (unpaired) electrons. The maximum absolute atomic E-state index is 11.0. The Morgan fingerprint density at radius 2 is 2.47 bits per heavy atom. The van der Waals surface area contributed by atoms with Crippen LogP contribution in [0.2, 0.25) is 0 Å². The number of aromatic amines is 1. The van der Waals surface area contributed by atoms with E-state index in [2.05, 4.69) is 22.2 Å². The van der Waals surface area contributed by atoms with Crippen LogP contribution in [-0.2, 0) is 0 Å². The highest BCUT2D eigenvalue weighted by molar-refractivity contribution is 7.99. The fraction of sp³-hybridized carbons (Fsp3) is 0.600. The number of thioether (sulfide) groups is 1. The van der Waals surface area contributed by atoms with E-state index in [9.17, 15) is 4.79 Å². The van der Waals surface area contributed by atoms with Gasteiger partial charge in [-0.25, -0.2) is 4.98 Å². The molecule has 2 N–H and O–H groups in total. The topological polar surface area (TPSA) is 57.8 Å². The molecule has 0 saturated heterocycles. The van der Waals surface area contributed by atoms with Crippen molar-refractivity contribution in [3.63, 3.8) is 0 Å². The molecule has 4 nitrogen and oxygen atoms in total. The van der Waals surface area contributed by atoms with Crippen molar-refractivity contribution in [2.75, 3.05) is 12.8 Å². The van der Waals surface area contributed by atoms with Gasteiger partial charge in [0.2, 0.25) is 0 Å². The molecule has 1 aromatic rings. The van der Waals surface area contributed by atoms with E-state index >= 15 is 0 Å². The van der Waals surface area contributed by atoms with Crippen LogP contribution in [0.4, 0.5) is 0 Å². The van der Waals surface area contributed by atoms with Gasteiger partial charge in [-0.1, -0.05) is 25.1 Å². The summed E-state index contributed by atoms with van der Waals surface area (Å²) >= 11 is 1.58. The number of nitrogens with one attached hydrogen (secondary N) is 2. The van der Waals surface area contributed by atoms with Gasteiger partial charge in [-0.2, -0.15) is 0 Å². The first-order chi connectivity index (χ1) is 7.26. The number of nitrogens with zero attached hydrogens (tertiary/aromatic N) is 1. The monoisotopic (exact) mass is 227 g/mol. The van der Waals surface area contributed by atoms with Crippen LogP contribution < -0.4 is 10.9 Å². The third-order valence-electron chi connectivity index (χ3n) is 2.11. The number of hydrogen-bond acceptors (Lipinski definition) is 4. The highest BCUT2D eigenvalue weighted by atomic mass is 32.2. The number of rotatable bonds is 6. The lowest BCUT2D eigenvalue weighted by Gasteiger charge is -2.13. The van der Waals surface area contributed by atoms with Gasteiger partial charge in [0.1, 0.15) is 0 Å². The minimum Gasteiger partial charge on any atom is -0.316 e. The van der Waals surface area contributed by atoms with Crippen molar-refractivity contribution in [2.45, 2.75) is 31.0 Å². The summed E-state index contributed by atoms with van der Waals surface area (Å²) in [6.07, 6.45) is 3.83. The van der Waals surface area contributed by atoms with Crippen LogP contribution >= 0.6 is 11.8 Å². The predicted octanol–water partition coefficient (Wildman–Crippen LogP) is 1.25. The first kappa shape index (κ1) is 12.3. The van der Waals surface area contributed by atoms with Crippen molar-refractivity contribution in [3.8, 4) is 0 Å². The highest BCUT2D eigenvalue weighted by Gasteiger charge is 2.06. The van der Waals surface area contributed by atoms with Crippen LogP contribution in [0.5, 0.6) is 0 Å².